The number of esters is 1. The Balaban J connectivity index is 1.63. The molecule has 2 aromatic rings. The van der Waals surface area contributed by atoms with E-state index in [4.69, 9.17) is 9.47 Å². The van der Waals surface area contributed by atoms with E-state index in [2.05, 4.69) is 0 Å². The maximum absolute atomic E-state index is 12.2. The summed E-state index contributed by atoms with van der Waals surface area (Å²) < 4.78 is 46.6. The Bertz CT molecular complexity index is 1080. The normalized spacial score (nSPS) is 12.7. The van der Waals surface area contributed by atoms with E-state index in [1.54, 1.807) is 34.7 Å². The van der Waals surface area contributed by atoms with E-state index in [0.29, 0.717) is 12.7 Å². The van der Waals surface area contributed by atoms with E-state index >= 15 is 0 Å². The Hall–Kier alpha value is -0.450. The molecule has 0 aromatic heterocycles. The van der Waals surface area contributed by atoms with E-state index in [9.17, 15) is 17.8 Å². The van der Waals surface area contributed by atoms with Gasteiger partial charge < -0.3 is 14.0 Å². The Kier molecular flexibility index (Phi) is 7.26. The second-order valence-corrected chi connectivity index (χ2v) is 10.5. The minimum atomic E-state index is -4.63. The first-order valence-corrected chi connectivity index (χ1v) is 12.6. The summed E-state index contributed by atoms with van der Waals surface area (Å²) in [4.78, 5) is 11.9. The molecule has 0 saturated heterocycles. The minimum absolute atomic E-state index is 0.00816. The zero-order valence-electron chi connectivity index (χ0n) is 14.1. The van der Waals surface area contributed by atoms with Gasteiger partial charge in [0.05, 0.1) is 17.6 Å². The van der Waals surface area contributed by atoms with Gasteiger partial charge >= 0.3 is 5.97 Å². The monoisotopic (exact) mass is 737 g/mol. The molecule has 3 rings (SSSR count). The Morgan fingerprint density at radius 3 is 2.57 bits per heavy atom. The van der Waals surface area contributed by atoms with Gasteiger partial charge in [-0.25, -0.2) is 13.2 Å². The van der Waals surface area contributed by atoms with Crippen LogP contribution in [0.5, 0.6) is 5.75 Å². The highest BCUT2D eigenvalue weighted by atomic mass is 127. The van der Waals surface area contributed by atoms with Gasteiger partial charge in [-0.1, -0.05) is 18.2 Å². The molecule has 6 nitrogen and oxygen atoms in total. The molecule has 148 valence electrons. The van der Waals surface area contributed by atoms with Crippen LogP contribution in [0.1, 0.15) is 21.5 Å². The number of rotatable bonds is 6. The summed E-state index contributed by atoms with van der Waals surface area (Å²) in [6, 6.07) is 6.98. The number of hydrogen-bond acceptors (Lipinski definition) is 6. The third-order valence-corrected chi connectivity index (χ3v) is 8.25. The van der Waals surface area contributed by atoms with E-state index < -0.39 is 16.1 Å². The molecule has 10 heteroatoms. The fourth-order valence-corrected chi connectivity index (χ4v) is 8.57. The van der Waals surface area contributed by atoms with Crippen molar-refractivity contribution in [2.45, 2.75) is 11.3 Å². The molecule has 0 atom stereocenters. The first-order chi connectivity index (χ1) is 13.2. The summed E-state index contributed by atoms with van der Waals surface area (Å²) in [6.07, 6.45) is 4.85. The van der Waals surface area contributed by atoms with Crippen molar-refractivity contribution in [2.75, 3.05) is 13.2 Å². The molecule has 2 aromatic carbocycles. The van der Waals surface area contributed by atoms with Crippen LogP contribution in [0.15, 0.2) is 35.2 Å². The average Bonchev–Trinajstić information content (AvgIpc) is 3.06. The van der Waals surface area contributed by atoms with Gasteiger partial charge in [-0.15, -0.1) is 0 Å². The smallest absolute Gasteiger partial charge is 0.338 e. The molecule has 0 N–H and O–H groups in total. The molecule has 0 heterocycles. The quantitative estimate of drug-likeness (QED) is 0.191. The molecule has 28 heavy (non-hydrogen) atoms. The van der Waals surface area contributed by atoms with Crippen LogP contribution in [0.3, 0.4) is 0 Å². The molecule has 1 aliphatic rings. The van der Waals surface area contributed by atoms with Crippen molar-refractivity contribution in [3.05, 3.63) is 57.7 Å². The maximum atomic E-state index is 12.2. The van der Waals surface area contributed by atoms with Crippen molar-refractivity contribution in [3.63, 3.8) is 0 Å². The number of halogens is 3. The predicted octanol–water partition coefficient (Wildman–Crippen LogP) is 4.21. The number of hydrogen-bond donors (Lipinski definition) is 0. The summed E-state index contributed by atoms with van der Waals surface area (Å²) >= 11 is 5.59. The second-order valence-electron chi connectivity index (χ2n) is 5.77. The molecule has 1 aliphatic carbocycles. The molecule has 0 saturated carbocycles. The lowest BCUT2D eigenvalue weighted by molar-refractivity contribution is 0.0449. The van der Waals surface area contributed by atoms with Gasteiger partial charge in [-0.05, 0) is 104 Å². The molecular formula is C18H12I3O6S-. The summed E-state index contributed by atoms with van der Waals surface area (Å²) in [5.74, 6) is -0.163. The molecule has 0 aliphatic heterocycles. The number of carbonyl (C=O) groups is 1. The lowest BCUT2D eigenvalue weighted by Crippen LogP contribution is -2.14. The van der Waals surface area contributed by atoms with Gasteiger partial charge in [-0.2, -0.15) is 0 Å². The highest BCUT2D eigenvalue weighted by molar-refractivity contribution is 14.1. The minimum Gasteiger partial charge on any atom is -0.744 e. The van der Waals surface area contributed by atoms with Crippen LogP contribution in [0.25, 0.3) is 6.08 Å². The highest BCUT2D eigenvalue weighted by Crippen LogP contribution is 2.36. The van der Waals surface area contributed by atoms with E-state index in [1.807, 2.05) is 69.5 Å². The van der Waals surface area contributed by atoms with Crippen LogP contribution in [0.4, 0.5) is 0 Å². The molecule has 0 bridgehead atoms. The van der Waals surface area contributed by atoms with Gasteiger partial charge in [0.1, 0.15) is 29.1 Å². The largest absolute Gasteiger partial charge is 0.744 e. The van der Waals surface area contributed by atoms with E-state index in [0.717, 1.165) is 17.5 Å². The number of allylic oxidation sites excluding steroid dienone is 1. The third-order valence-electron chi connectivity index (χ3n) is 3.91. The highest BCUT2D eigenvalue weighted by Gasteiger charge is 2.20. The standard InChI is InChI=1S/C18H13I3O6S/c19-13-9-14(20)17(28(23,24)25)15(21)16(13)26-6-7-27-18(22)12-5-4-10-2-1-3-11(10)8-12/h1-2,4-5,8-9H,3,6-7H2,(H,23,24,25)/p-1. The molecule has 0 fully saturated rings. The zero-order valence-corrected chi connectivity index (χ0v) is 21.4. The number of ether oxygens (including phenoxy) is 2. The van der Waals surface area contributed by atoms with Crippen LogP contribution in [0.2, 0.25) is 0 Å². The third kappa shape index (κ3) is 4.99. The second kappa shape index (κ2) is 9.14. The molecule has 0 spiro atoms. The zero-order chi connectivity index (χ0) is 20.5. The molecule has 0 amide bonds. The Morgan fingerprint density at radius 2 is 1.86 bits per heavy atom. The van der Waals surface area contributed by atoms with Gasteiger partial charge in [-0.3, -0.25) is 0 Å². The molecular weight excluding hydrogens is 725 g/mol. The number of benzene rings is 2. The summed E-state index contributed by atoms with van der Waals surface area (Å²) in [6.45, 7) is 0.0228. The summed E-state index contributed by atoms with van der Waals surface area (Å²) in [5, 5.41) is 0. The van der Waals surface area contributed by atoms with E-state index in [-0.39, 0.29) is 27.4 Å². The fourth-order valence-electron chi connectivity index (χ4n) is 2.66. The van der Waals surface area contributed by atoms with Crippen molar-refractivity contribution < 1.29 is 27.2 Å². The van der Waals surface area contributed by atoms with E-state index in [1.165, 1.54) is 0 Å². The van der Waals surface area contributed by atoms with Crippen molar-refractivity contribution in [2.24, 2.45) is 0 Å². The summed E-state index contributed by atoms with van der Waals surface area (Å²) in [7, 11) is -4.63. The van der Waals surface area contributed by atoms with Crippen LogP contribution in [0, 0.1) is 10.7 Å². The van der Waals surface area contributed by atoms with Gasteiger partial charge in [0.25, 0.3) is 0 Å². The van der Waals surface area contributed by atoms with Crippen LogP contribution < -0.4 is 4.74 Å². The Labute approximate surface area is 203 Å². The fraction of sp³-hybridized carbons (Fsp3) is 0.167. The van der Waals surface area contributed by atoms with Crippen molar-refractivity contribution in [3.8, 4) is 5.75 Å². The van der Waals surface area contributed by atoms with Crippen LogP contribution >= 0.6 is 67.8 Å². The lowest BCUT2D eigenvalue weighted by atomic mass is 10.1. The number of fused-ring (bicyclic) bond motifs is 1. The average molecular weight is 737 g/mol. The SMILES string of the molecule is O=C(OCCOc1c(I)cc(I)c(S(=O)(=O)[O-])c1I)c1ccc2c(c1)CC=C2. The topological polar surface area (TPSA) is 92.7 Å². The lowest BCUT2D eigenvalue weighted by Gasteiger charge is -2.17. The van der Waals surface area contributed by atoms with Crippen molar-refractivity contribution in [1.29, 1.82) is 0 Å². The maximum Gasteiger partial charge on any atom is 0.338 e. The first-order valence-electron chi connectivity index (χ1n) is 7.91. The predicted molar refractivity (Wildman–Crippen MR) is 128 cm³/mol. The van der Waals surface area contributed by atoms with Crippen molar-refractivity contribution >= 4 is 89.9 Å². The first kappa shape index (κ1) is 22.2. The Morgan fingerprint density at radius 1 is 1.11 bits per heavy atom. The number of carbonyl (C=O) groups excluding carboxylic acids is 1. The van der Waals surface area contributed by atoms with Gasteiger partial charge in [0.15, 0.2) is 0 Å². The molecule has 0 unspecified atom stereocenters. The van der Waals surface area contributed by atoms with Crippen molar-refractivity contribution in [1.82, 2.24) is 0 Å². The van der Waals surface area contributed by atoms with Gasteiger partial charge in [0.2, 0.25) is 0 Å². The molecule has 0 radical (unpaired) electrons. The van der Waals surface area contributed by atoms with Crippen LogP contribution in [-0.4, -0.2) is 32.2 Å². The summed E-state index contributed by atoms with van der Waals surface area (Å²) in [5.41, 5.74) is 2.66. The van der Waals surface area contributed by atoms with Crippen LogP contribution in [-0.2, 0) is 21.3 Å². The van der Waals surface area contributed by atoms with Gasteiger partial charge in [0, 0.05) is 3.57 Å².